The van der Waals surface area contributed by atoms with Crippen LogP contribution in [0.1, 0.15) is 11.1 Å². The molecule has 8 heteroatoms. The molecule has 1 saturated heterocycles. The van der Waals surface area contributed by atoms with E-state index in [9.17, 15) is 14.4 Å². The average molecular weight is 467 g/mol. The number of carbonyl (C=O) groups is 3. The summed E-state index contributed by atoms with van der Waals surface area (Å²) in [6.07, 6.45) is 1.42. The predicted molar refractivity (Wildman–Crippen MR) is 123 cm³/mol. The SMILES string of the molecule is O=C1NC(=O)N(c2ccc(Cl)cc2)C(=O)C1=Cc1ccc(OCc2ccccc2Cl)cc1. The van der Waals surface area contributed by atoms with Gasteiger partial charge in [0.05, 0.1) is 5.69 Å². The van der Waals surface area contributed by atoms with Crippen molar-refractivity contribution in [3.8, 4) is 5.75 Å². The van der Waals surface area contributed by atoms with Crippen molar-refractivity contribution >= 4 is 52.8 Å². The third kappa shape index (κ3) is 4.66. The molecule has 1 heterocycles. The highest BCUT2D eigenvalue weighted by Crippen LogP contribution is 2.24. The molecular formula is C24H16Cl2N2O4. The fourth-order valence-electron chi connectivity index (χ4n) is 3.09. The average Bonchev–Trinajstić information content (AvgIpc) is 2.78. The first kappa shape index (κ1) is 21.6. The van der Waals surface area contributed by atoms with Crippen molar-refractivity contribution in [2.24, 2.45) is 0 Å². The second-order valence-corrected chi connectivity index (χ2v) is 7.73. The molecule has 1 fully saturated rings. The molecule has 0 radical (unpaired) electrons. The van der Waals surface area contributed by atoms with Crippen LogP contribution in [0.25, 0.3) is 6.08 Å². The van der Waals surface area contributed by atoms with E-state index >= 15 is 0 Å². The summed E-state index contributed by atoms with van der Waals surface area (Å²) < 4.78 is 5.74. The van der Waals surface area contributed by atoms with Crippen LogP contribution in [-0.2, 0) is 16.2 Å². The molecule has 0 aliphatic carbocycles. The Kier molecular flexibility index (Phi) is 6.25. The van der Waals surface area contributed by atoms with E-state index < -0.39 is 17.8 Å². The third-order valence-corrected chi connectivity index (χ3v) is 5.35. The molecule has 1 aliphatic rings. The van der Waals surface area contributed by atoms with Crippen molar-refractivity contribution in [2.45, 2.75) is 6.61 Å². The number of imide groups is 2. The highest BCUT2D eigenvalue weighted by Gasteiger charge is 2.36. The van der Waals surface area contributed by atoms with Gasteiger partial charge in [-0.05, 0) is 54.1 Å². The minimum Gasteiger partial charge on any atom is -0.489 e. The Labute approximate surface area is 194 Å². The van der Waals surface area contributed by atoms with Crippen LogP contribution in [0.4, 0.5) is 10.5 Å². The van der Waals surface area contributed by atoms with E-state index in [0.717, 1.165) is 10.5 Å². The van der Waals surface area contributed by atoms with E-state index in [2.05, 4.69) is 5.32 Å². The minimum absolute atomic E-state index is 0.163. The maximum Gasteiger partial charge on any atom is 0.335 e. The molecule has 0 spiro atoms. The van der Waals surface area contributed by atoms with Gasteiger partial charge < -0.3 is 4.74 Å². The molecule has 0 bridgehead atoms. The highest BCUT2D eigenvalue weighted by atomic mass is 35.5. The monoisotopic (exact) mass is 466 g/mol. The second kappa shape index (κ2) is 9.26. The summed E-state index contributed by atoms with van der Waals surface area (Å²) in [7, 11) is 0. The third-order valence-electron chi connectivity index (χ3n) is 4.73. The Bertz CT molecular complexity index is 1220. The number of anilines is 1. The topological polar surface area (TPSA) is 75.7 Å². The Balaban J connectivity index is 1.52. The van der Waals surface area contributed by atoms with Crippen LogP contribution in [0.5, 0.6) is 5.75 Å². The Morgan fingerprint density at radius 2 is 1.56 bits per heavy atom. The number of urea groups is 1. The van der Waals surface area contributed by atoms with E-state index in [4.69, 9.17) is 27.9 Å². The smallest absolute Gasteiger partial charge is 0.335 e. The van der Waals surface area contributed by atoms with Crippen LogP contribution in [-0.4, -0.2) is 17.8 Å². The Morgan fingerprint density at radius 3 is 2.25 bits per heavy atom. The van der Waals surface area contributed by atoms with Gasteiger partial charge in [0.15, 0.2) is 0 Å². The number of nitrogens with zero attached hydrogens (tertiary/aromatic N) is 1. The molecule has 4 amide bonds. The van der Waals surface area contributed by atoms with E-state index in [-0.39, 0.29) is 5.57 Å². The van der Waals surface area contributed by atoms with Crippen molar-refractivity contribution in [3.63, 3.8) is 0 Å². The predicted octanol–water partition coefficient (Wildman–Crippen LogP) is 5.24. The van der Waals surface area contributed by atoms with Gasteiger partial charge >= 0.3 is 6.03 Å². The molecule has 0 aromatic heterocycles. The van der Waals surface area contributed by atoms with Crippen molar-refractivity contribution in [2.75, 3.05) is 4.90 Å². The second-order valence-electron chi connectivity index (χ2n) is 6.88. The van der Waals surface area contributed by atoms with Gasteiger partial charge in [-0.25, -0.2) is 9.69 Å². The Hall–Kier alpha value is -3.61. The van der Waals surface area contributed by atoms with Gasteiger partial charge in [-0.15, -0.1) is 0 Å². The first-order valence-electron chi connectivity index (χ1n) is 9.55. The molecule has 160 valence electrons. The van der Waals surface area contributed by atoms with Gasteiger partial charge in [-0.3, -0.25) is 14.9 Å². The molecule has 4 rings (SSSR count). The summed E-state index contributed by atoms with van der Waals surface area (Å²) in [6, 6.07) is 19.6. The Morgan fingerprint density at radius 1 is 0.875 bits per heavy atom. The van der Waals surface area contributed by atoms with Gasteiger partial charge in [0.2, 0.25) is 0 Å². The van der Waals surface area contributed by atoms with Gasteiger partial charge in [0.1, 0.15) is 17.9 Å². The lowest BCUT2D eigenvalue weighted by molar-refractivity contribution is -0.122. The molecule has 0 unspecified atom stereocenters. The molecule has 3 aromatic carbocycles. The number of hydrogen-bond acceptors (Lipinski definition) is 4. The summed E-state index contributed by atoms with van der Waals surface area (Å²) in [5.41, 5.74) is 1.60. The fourth-order valence-corrected chi connectivity index (χ4v) is 3.40. The molecule has 3 aromatic rings. The molecule has 1 aliphatic heterocycles. The number of amides is 4. The van der Waals surface area contributed by atoms with E-state index in [1.165, 1.54) is 18.2 Å². The van der Waals surface area contributed by atoms with Gasteiger partial charge in [0, 0.05) is 15.6 Å². The fraction of sp³-hybridized carbons (Fsp3) is 0.0417. The van der Waals surface area contributed by atoms with Crippen LogP contribution in [0.3, 0.4) is 0 Å². The molecular weight excluding hydrogens is 451 g/mol. The zero-order valence-electron chi connectivity index (χ0n) is 16.5. The van der Waals surface area contributed by atoms with E-state index in [1.807, 2.05) is 18.2 Å². The summed E-state index contributed by atoms with van der Waals surface area (Å²) in [6.45, 7) is 0.305. The van der Waals surface area contributed by atoms with Gasteiger partial charge in [0.25, 0.3) is 11.8 Å². The molecule has 0 atom stereocenters. The van der Waals surface area contributed by atoms with Gasteiger partial charge in [-0.2, -0.15) is 0 Å². The lowest BCUT2D eigenvalue weighted by Crippen LogP contribution is -2.54. The minimum atomic E-state index is -0.817. The number of ether oxygens (including phenoxy) is 1. The summed E-state index contributed by atoms with van der Waals surface area (Å²) in [5, 5.41) is 3.27. The number of hydrogen-bond donors (Lipinski definition) is 1. The normalized spacial score (nSPS) is 15.1. The molecule has 32 heavy (non-hydrogen) atoms. The summed E-state index contributed by atoms with van der Waals surface area (Å²) >= 11 is 12.0. The van der Waals surface area contributed by atoms with Crippen molar-refractivity contribution in [3.05, 3.63) is 99.5 Å². The largest absolute Gasteiger partial charge is 0.489 e. The zero-order valence-corrected chi connectivity index (χ0v) is 18.1. The molecule has 1 N–H and O–H groups in total. The van der Waals surface area contributed by atoms with Crippen molar-refractivity contribution < 1.29 is 19.1 Å². The van der Waals surface area contributed by atoms with E-state index in [1.54, 1.807) is 42.5 Å². The molecule has 0 saturated carbocycles. The van der Waals surface area contributed by atoms with Crippen LogP contribution < -0.4 is 15.0 Å². The highest BCUT2D eigenvalue weighted by molar-refractivity contribution is 6.39. The van der Waals surface area contributed by atoms with Crippen LogP contribution in [0.15, 0.2) is 78.4 Å². The number of rotatable bonds is 5. The zero-order chi connectivity index (χ0) is 22.7. The number of nitrogens with one attached hydrogen (secondary N) is 1. The van der Waals surface area contributed by atoms with Crippen LogP contribution in [0, 0.1) is 0 Å². The quantitative estimate of drug-likeness (QED) is 0.412. The van der Waals surface area contributed by atoms with Crippen LogP contribution in [0.2, 0.25) is 10.0 Å². The van der Waals surface area contributed by atoms with Crippen molar-refractivity contribution in [1.29, 1.82) is 0 Å². The first-order chi connectivity index (χ1) is 15.4. The maximum atomic E-state index is 12.9. The first-order valence-corrected chi connectivity index (χ1v) is 10.3. The van der Waals surface area contributed by atoms with Gasteiger partial charge in [-0.1, -0.05) is 53.5 Å². The lowest BCUT2D eigenvalue weighted by Gasteiger charge is -2.26. The maximum absolute atomic E-state index is 12.9. The van der Waals surface area contributed by atoms with Crippen molar-refractivity contribution in [1.82, 2.24) is 5.32 Å². The standard InChI is InChI=1S/C24H16Cl2N2O4/c25-17-7-9-18(10-8-17)28-23(30)20(22(29)27-24(28)31)13-15-5-11-19(12-6-15)32-14-16-3-1-2-4-21(16)26/h1-13H,14H2,(H,27,29,31). The lowest BCUT2D eigenvalue weighted by atomic mass is 10.1. The number of halogens is 2. The van der Waals surface area contributed by atoms with Crippen LogP contribution >= 0.6 is 23.2 Å². The molecule has 6 nitrogen and oxygen atoms in total. The summed E-state index contributed by atoms with van der Waals surface area (Å²) in [5.74, 6) is -0.881. The number of barbiturate groups is 1. The summed E-state index contributed by atoms with van der Waals surface area (Å²) in [4.78, 5) is 38.3. The number of carbonyl (C=O) groups excluding carboxylic acids is 3. The van der Waals surface area contributed by atoms with E-state index in [0.29, 0.717) is 33.7 Å². The number of benzene rings is 3.